The molecule has 0 aliphatic rings. The average molecular weight is 603 g/mol. The Morgan fingerprint density at radius 1 is 0.786 bits per heavy atom. The summed E-state index contributed by atoms with van der Waals surface area (Å²) in [6.07, 6.45) is 0.644. The van der Waals surface area contributed by atoms with Gasteiger partial charge in [0.05, 0.1) is 18.3 Å². The van der Waals surface area contributed by atoms with Crippen molar-refractivity contribution < 1.29 is 28.7 Å². The molecule has 1 aromatic carbocycles. The predicted molar refractivity (Wildman–Crippen MR) is 163 cm³/mol. The Kier molecular flexibility index (Phi) is 14.5. The first-order valence-electron chi connectivity index (χ1n) is 14.6. The van der Waals surface area contributed by atoms with Gasteiger partial charge in [-0.25, -0.2) is 14.6 Å². The molecule has 2 rings (SSSR count). The Morgan fingerprint density at radius 3 is 1.93 bits per heavy atom. The molecule has 10 nitrogen and oxygen atoms in total. The predicted octanol–water partition coefficient (Wildman–Crippen LogP) is 5.40. The second kappa shape index (κ2) is 17.5. The number of carbonyl (C=O) groups excluding carboxylic acids is 4. The summed E-state index contributed by atoms with van der Waals surface area (Å²) in [5.74, 6) is -0.891. The second-order valence-electron chi connectivity index (χ2n) is 11.6. The molecular weight excluding hydrogens is 556 g/mol. The summed E-state index contributed by atoms with van der Waals surface area (Å²) in [6, 6.07) is 7.09. The number of thiazole rings is 1. The van der Waals surface area contributed by atoms with Gasteiger partial charge in [-0.2, -0.15) is 0 Å². The van der Waals surface area contributed by atoms with Gasteiger partial charge in [0.1, 0.15) is 18.7 Å². The molecule has 3 atom stereocenters. The third-order valence-electron chi connectivity index (χ3n) is 6.22. The summed E-state index contributed by atoms with van der Waals surface area (Å²) in [5.41, 5.74) is 1.40. The van der Waals surface area contributed by atoms with Crippen LogP contribution in [0.4, 0.5) is 4.79 Å². The molecule has 1 heterocycles. The third-order valence-corrected chi connectivity index (χ3v) is 7.06. The van der Waals surface area contributed by atoms with Crippen molar-refractivity contribution >= 4 is 35.2 Å². The minimum absolute atomic E-state index is 0.0762. The quantitative estimate of drug-likeness (QED) is 0.219. The Labute approximate surface area is 253 Å². The lowest BCUT2D eigenvalue weighted by Crippen LogP contribution is -2.54. The van der Waals surface area contributed by atoms with Gasteiger partial charge in [0.15, 0.2) is 0 Å². The number of amides is 3. The van der Waals surface area contributed by atoms with Gasteiger partial charge in [-0.1, -0.05) is 71.9 Å². The number of rotatable bonds is 16. The largest absolute Gasteiger partial charge is 0.461 e. The monoisotopic (exact) mass is 602 g/mol. The number of hydrogen-bond acceptors (Lipinski definition) is 8. The van der Waals surface area contributed by atoms with Crippen LogP contribution in [0.5, 0.6) is 0 Å². The minimum atomic E-state index is -0.882. The molecule has 0 aliphatic carbocycles. The van der Waals surface area contributed by atoms with E-state index in [2.05, 4.69) is 20.9 Å². The van der Waals surface area contributed by atoms with Crippen LogP contribution < -0.4 is 16.0 Å². The van der Waals surface area contributed by atoms with Gasteiger partial charge in [0.25, 0.3) is 0 Å². The third kappa shape index (κ3) is 12.2. The summed E-state index contributed by atoms with van der Waals surface area (Å²) >= 11 is 1.17. The van der Waals surface area contributed by atoms with Crippen LogP contribution in [0.1, 0.15) is 94.8 Å². The molecule has 11 heteroatoms. The number of esters is 1. The van der Waals surface area contributed by atoms with Crippen molar-refractivity contribution in [1.82, 2.24) is 20.9 Å². The van der Waals surface area contributed by atoms with E-state index in [1.54, 1.807) is 12.3 Å². The molecule has 3 amide bonds. The molecule has 0 saturated heterocycles. The molecule has 2 unspecified atom stereocenters. The summed E-state index contributed by atoms with van der Waals surface area (Å²) in [6.45, 7) is 13.9. The van der Waals surface area contributed by atoms with Crippen LogP contribution in [0, 0.1) is 17.8 Å². The topological polar surface area (TPSA) is 136 Å². The van der Waals surface area contributed by atoms with E-state index in [0.29, 0.717) is 25.0 Å². The maximum atomic E-state index is 13.6. The number of nitrogens with one attached hydrogen (secondary N) is 3. The van der Waals surface area contributed by atoms with E-state index >= 15 is 0 Å². The zero-order valence-corrected chi connectivity index (χ0v) is 26.6. The fourth-order valence-corrected chi connectivity index (χ4v) is 5.08. The van der Waals surface area contributed by atoms with E-state index in [-0.39, 0.29) is 41.9 Å². The van der Waals surface area contributed by atoms with Crippen molar-refractivity contribution in [2.24, 2.45) is 17.8 Å². The van der Waals surface area contributed by atoms with Gasteiger partial charge in [-0.05, 0) is 49.5 Å². The van der Waals surface area contributed by atoms with Crippen LogP contribution in [-0.2, 0) is 25.7 Å². The molecule has 232 valence electrons. The van der Waals surface area contributed by atoms with E-state index in [9.17, 15) is 19.2 Å². The van der Waals surface area contributed by atoms with Crippen molar-refractivity contribution in [2.45, 2.75) is 92.5 Å². The normalized spacial score (nSPS) is 13.4. The molecule has 0 bridgehead atoms. The average Bonchev–Trinajstić information content (AvgIpc) is 3.41. The van der Waals surface area contributed by atoms with Crippen LogP contribution in [0.25, 0.3) is 0 Å². The van der Waals surface area contributed by atoms with Crippen LogP contribution in [0.2, 0.25) is 0 Å². The van der Waals surface area contributed by atoms with E-state index in [1.165, 1.54) is 11.3 Å². The first-order valence-corrected chi connectivity index (χ1v) is 15.5. The van der Waals surface area contributed by atoms with Gasteiger partial charge in [-0.3, -0.25) is 9.59 Å². The van der Waals surface area contributed by atoms with Crippen molar-refractivity contribution in [2.75, 3.05) is 6.61 Å². The standard InChI is InChI=1S/C31H46N4O6S/c1-8-40-30(38)29-34-26(18-42-29)23(14-19(2)3)32-27(36)24(15-20(4)5)33-28(37)25(16-21(6)7)35-31(39)41-17-22-12-10-9-11-13-22/h9-13,18-21,23-25H,8,14-17H2,1-7H3,(H,32,36)(H,33,37)(H,35,39)/t23?,24?,25-/m0/s1. The Hall–Kier alpha value is -3.47. The molecule has 0 spiro atoms. The van der Waals surface area contributed by atoms with Crippen LogP contribution in [0.15, 0.2) is 35.7 Å². The van der Waals surface area contributed by atoms with E-state index < -0.39 is 36.1 Å². The Morgan fingerprint density at radius 2 is 1.36 bits per heavy atom. The summed E-state index contributed by atoms with van der Waals surface area (Å²) in [4.78, 5) is 56.2. The zero-order chi connectivity index (χ0) is 31.2. The summed E-state index contributed by atoms with van der Waals surface area (Å²) in [5, 5.41) is 10.6. The highest BCUT2D eigenvalue weighted by molar-refractivity contribution is 7.11. The van der Waals surface area contributed by atoms with Gasteiger partial charge >= 0.3 is 12.1 Å². The van der Waals surface area contributed by atoms with Gasteiger partial charge in [-0.15, -0.1) is 11.3 Å². The Bertz CT molecular complexity index is 1150. The first kappa shape index (κ1) is 34.7. The first-order chi connectivity index (χ1) is 19.9. The fraction of sp³-hybridized carbons (Fsp3) is 0.581. The van der Waals surface area contributed by atoms with Crippen molar-refractivity contribution in [1.29, 1.82) is 0 Å². The molecule has 3 N–H and O–H groups in total. The lowest BCUT2D eigenvalue weighted by Gasteiger charge is -2.27. The number of alkyl carbamates (subject to hydrolysis) is 1. The molecule has 0 saturated carbocycles. The molecular formula is C31H46N4O6S. The number of carbonyl (C=O) groups is 4. The Balaban J connectivity index is 2.16. The molecule has 0 radical (unpaired) electrons. The van der Waals surface area contributed by atoms with Gasteiger partial charge in [0, 0.05) is 5.38 Å². The van der Waals surface area contributed by atoms with Crippen LogP contribution >= 0.6 is 11.3 Å². The fourth-order valence-electron chi connectivity index (χ4n) is 4.32. The summed E-state index contributed by atoms with van der Waals surface area (Å²) in [7, 11) is 0. The SMILES string of the molecule is CCOC(=O)c1nc(C(CC(C)C)NC(=O)C(CC(C)C)NC(=O)[C@H](CC(C)C)NC(=O)OCc2ccccc2)cs1. The van der Waals surface area contributed by atoms with E-state index in [4.69, 9.17) is 9.47 Å². The number of ether oxygens (including phenoxy) is 2. The lowest BCUT2D eigenvalue weighted by atomic mass is 9.98. The molecule has 0 fully saturated rings. The van der Waals surface area contributed by atoms with E-state index in [1.807, 2.05) is 71.9 Å². The van der Waals surface area contributed by atoms with Crippen LogP contribution in [-0.4, -0.2) is 47.6 Å². The maximum Gasteiger partial charge on any atom is 0.408 e. The molecule has 0 aliphatic heterocycles. The van der Waals surface area contributed by atoms with Gasteiger partial charge in [0.2, 0.25) is 16.8 Å². The van der Waals surface area contributed by atoms with Crippen molar-refractivity contribution in [3.05, 3.63) is 52.0 Å². The van der Waals surface area contributed by atoms with Crippen molar-refractivity contribution in [3.63, 3.8) is 0 Å². The second-order valence-corrected chi connectivity index (χ2v) is 12.4. The maximum absolute atomic E-state index is 13.6. The zero-order valence-electron chi connectivity index (χ0n) is 25.8. The molecule has 2 aromatic rings. The number of aromatic nitrogens is 1. The number of benzene rings is 1. The smallest absolute Gasteiger partial charge is 0.408 e. The van der Waals surface area contributed by atoms with Crippen molar-refractivity contribution in [3.8, 4) is 0 Å². The summed E-state index contributed by atoms with van der Waals surface area (Å²) < 4.78 is 10.4. The molecule has 1 aromatic heterocycles. The highest BCUT2D eigenvalue weighted by atomic mass is 32.1. The minimum Gasteiger partial charge on any atom is -0.461 e. The van der Waals surface area contributed by atoms with Crippen LogP contribution in [0.3, 0.4) is 0 Å². The number of nitrogens with zero attached hydrogens (tertiary/aromatic N) is 1. The molecule has 42 heavy (non-hydrogen) atoms. The van der Waals surface area contributed by atoms with Gasteiger partial charge < -0.3 is 25.4 Å². The lowest BCUT2D eigenvalue weighted by molar-refractivity contribution is -0.131. The highest BCUT2D eigenvalue weighted by Crippen LogP contribution is 2.24. The highest BCUT2D eigenvalue weighted by Gasteiger charge is 2.30. The number of hydrogen-bond donors (Lipinski definition) is 3. The van der Waals surface area contributed by atoms with E-state index in [0.717, 1.165) is 5.56 Å².